The Morgan fingerprint density at radius 1 is 1.38 bits per heavy atom. The van der Waals surface area contributed by atoms with Crippen molar-refractivity contribution in [2.24, 2.45) is 22.4 Å². The van der Waals surface area contributed by atoms with Crippen molar-refractivity contribution in [3.05, 3.63) is 41.5 Å². The normalized spacial score (nSPS) is 24.2. The van der Waals surface area contributed by atoms with Crippen molar-refractivity contribution in [2.75, 3.05) is 6.61 Å². The highest BCUT2D eigenvalue weighted by Gasteiger charge is 2.50. The monoisotopic (exact) mass is 326 g/mol. The maximum atomic E-state index is 11.8. The highest BCUT2D eigenvalue weighted by molar-refractivity contribution is 5.83. The first-order valence-electron chi connectivity index (χ1n) is 8.74. The lowest BCUT2D eigenvalue weighted by Crippen LogP contribution is -2.48. The van der Waals surface area contributed by atoms with Gasteiger partial charge in [0.1, 0.15) is 5.75 Å². The number of carbonyl (C=O) groups is 1. The number of nitrogens with one attached hydrogen (secondary N) is 1. The standard InChI is InChI=1S/C20H26N2O2/c1-4-14-5-9-17(10-6-14)24-13-19(23)22-21-12-15-7-8-16-11-18(15)20(16,2)3/h5-7,9-10,12,16,18H,4,8,11,13H2,1-3H3,(H,22,23)/b21-12+. The summed E-state index contributed by atoms with van der Waals surface area (Å²) < 4.78 is 5.47. The van der Waals surface area contributed by atoms with Crippen LogP contribution in [0.1, 0.15) is 39.2 Å². The number of aryl methyl sites for hydroxylation is 1. The summed E-state index contributed by atoms with van der Waals surface area (Å²) in [6, 6.07) is 7.79. The van der Waals surface area contributed by atoms with Gasteiger partial charge in [-0.2, -0.15) is 5.10 Å². The lowest BCUT2D eigenvalue weighted by atomic mass is 9.49. The predicted octanol–water partition coefficient (Wildman–Crippen LogP) is 3.72. The van der Waals surface area contributed by atoms with Crippen LogP contribution in [0.3, 0.4) is 0 Å². The fraction of sp³-hybridized carbons (Fsp3) is 0.500. The van der Waals surface area contributed by atoms with Crippen molar-refractivity contribution in [1.29, 1.82) is 0 Å². The summed E-state index contributed by atoms with van der Waals surface area (Å²) in [6.07, 6.45) is 7.41. The lowest BCUT2D eigenvalue weighted by molar-refractivity contribution is -0.123. The van der Waals surface area contributed by atoms with Crippen LogP contribution in [0.5, 0.6) is 5.75 Å². The van der Waals surface area contributed by atoms with Gasteiger partial charge in [0.25, 0.3) is 5.91 Å². The Morgan fingerprint density at radius 3 is 2.75 bits per heavy atom. The molecule has 2 atom stereocenters. The van der Waals surface area contributed by atoms with Crippen LogP contribution in [-0.4, -0.2) is 18.7 Å². The molecule has 0 aromatic heterocycles. The Bertz CT molecular complexity index is 659. The van der Waals surface area contributed by atoms with Gasteiger partial charge in [-0.3, -0.25) is 4.79 Å². The molecular weight excluding hydrogens is 300 g/mol. The van der Waals surface area contributed by atoms with Gasteiger partial charge in [0.05, 0.1) is 6.21 Å². The number of amides is 1. The Morgan fingerprint density at radius 2 is 2.12 bits per heavy atom. The zero-order valence-corrected chi connectivity index (χ0v) is 14.7. The molecule has 0 aliphatic heterocycles. The molecule has 4 nitrogen and oxygen atoms in total. The summed E-state index contributed by atoms with van der Waals surface area (Å²) in [7, 11) is 0. The van der Waals surface area contributed by atoms with E-state index in [0.29, 0.717) is 17.1 Å². The topological polar surface area (TPSA) is 50.7 Å². The van der Waals surface area contributed by atoms with Gasteiger partial charge in [-0.15, -0.1) is 0 Å². The molecule has 0 radical (unpaired) electrons. The quantitative estimate of drug-likeness (QED) is 0.640. The number of fused-ring (bicyclic) bond motifs is 1. The van der Waals surface area contributed by atoms with Crippen LogP contribution in [0, 0.1) is 17.3 Å². The first-order chi connectivity index (χ1) is 11.5. The summed E-state index contributed by atoms with van der Waals surface area (Å²) in [5.41, 5.74) is 5.42. The van der Waals surface area contributed by atoms with Gasteiger partial charge in [-0.25, -0.2) is 5.43 Å². The minimum absolute atomic E-state index is 0.0289. The van der Waals surface area contributed by atoms with Gasteiger partial charge in [-0.1, -0.05) is 39.0 Å². The van der Waals surface area contributed by atoms with Crippen molar-refractivity contribution in [3.63, 3.8) is 0 Å². The molecule has 3 aliphatic rings. The fourth-order valence-corrected chi connectivity index (χ4v) is 3.73. The number of rotatable bonds is 6. The molecule has 2 bridgehead atoms. The maximum Gasteiger partial charge on any atom is 0.277 e. The van der Waals surface area contributed by atoms with E-state index in [2.05, 4.69) is 37.4 Å². The van der Waals surface area contributed by atoms with E-state index < -0.39 is 0 Å². The van der Waals surface area contributed by atoms with Crippen LogP contribution >= 0.6 is 0 Å². The number of hydrogen-bond donors (Lipinski definition) is 1. The maximum absolute atomic E-state index is 11.8. The van der Waals surface area contributed by atoms with E-state index in [1.807, 2.05) is 24.3 Å². The van der Waals surface area contributed by atoms with E-state index >= 15 is 0 Å². The second-order valence-electron chi connectivity index (χ2n) is 7.33. The molecule has 1 N–H and O–H groups in total. The number of carbonyl (C=O) groups excluding carboxylic acids is 1. The number of nitrogens with zero attached hydrogens (tertiary/aromatic N) is 1. The summed E-state index contributed by atoms with van der Waals surface area (Å²) in [5.74, 6) is 1.84. The average Bonchev–Trinajstić information content (AvgIpc) is 2.60. The van der Waals surface area contributed by atoms with Crippen molar-refractivity contribution in [1.82, 2.24) is 5.43 Å². The second-order valence-corrected chi connectivity index (χ2v) is 7.33. The Kier molecular flexibility index (Phi) is 4.74. The summed E-state index contributed by atoms with van der Waals surface area (Å²) in [6.45, 7) is 6.72. The molecule has 24 heavy (non-hydrogen) atoms. The van der Waals surface area contributed by atoms with Crippen molar-refractivity contribution >= 4 is 12.1 Å². The van der Waals surface area contributed by atoms with E-state index in [1.165, 1.54) is 17.6 Å². The molecule has 1 saturated carbocycles. The van der Waals surface area contributed by atoms with Gasteiger partial charge in [0.15, 0.2) is 6.61 Å². The molecule has 4 rings (SSSR count). The zero-order valence-electron chi connectivity index (χ0n) is 14.7. The van der Waals surface area contributed by atoms with Gasteiger partial charge >= 0.3 is 0 Å². The Labute approximate surface area is 144 Å². The van der Waals surface area contributed by atoms with Gasteiger partial charge in [0, 0.05) is 0 Å². The molecule has 1 amide bonds. The molecular formula is C20H26N2O2. The summed E-state index contributed by atoms with van der Waals surface area (Å²) in [4.78, 5) is 11.8. The fourth-order valence-electron chi connectivity index (χ4n) is 3.73. The molecule has 2 unspecified atom stereocenters. The van der Waals surface area contributed by atoms with Gasteiger partial charge in [-0.05, 0) is 59.8 Å². The number of benzene rings is 1. The number of hydrazone groups is 1. The lowest BCUT2D eigenvalue weighted by Gasteiger charge is -2.55. The van der Waals surface area contributed by atoms with Crippen LogP contribution < -0.4 is 10.2 Å². The minimum atomic E-state index is -0.243. The molecule has 1 aromatic carbocycles. The SMILES string of the molecule is CCc1ccc(OCC(=O)N/N=C/C2=CCC3CC2C3(C)C)cc1. The smallest absolute Gasteiger partial charge is 0.277 e. The van der Waals surface area contributed by atoms with Gasteiger partial charge in [0.2, 0.25) is 0 Å². The van der Waals surface area contributed by atoms with E-state index in [4.69, 9.17) is 4.74 Å². The molecule has 0 saturated heterocycles. The zero-order chi connectivity index (χ0) is 17.2. The predicted molar refractivity (Wildman–Crippen MR) is 96.0 cm³/mol. The summed E-state index contributed by atoms with van der Waals surface area (Å²) >= 11 is 0. The molecule has 0 spiro atoms. The van der Waals surface area contributed by atoms with Gasteiger partial charge < -0.3 is 4.74 Å². The Hall–Kier alpha value is -2.10. The third kappa shape index (κ3) is 3.37. The van der Waals surface area contributed by atoms with E-state index in [0.717, 1.165) is 18.8 Å². The molecule has 3 aliphatic carbocycles. The first-order valence-corrected chi connectivity index (χ1v) is 8.74. The summed E-state index contributed by atoms with van der Waals surface area (Å²) in [5, 5.41) is 4.10. The highest BCUT2D eigenvalue weighted by Crippen LogP contribution is 2.58. The van der Waals surface area contributed by atoms with E-state index in [9.17, 15) is 4.79 Å². The average molecular weight is 326 g/mol. The molecule has 1 fully saturated rings. The van der Waals surface area contributed by atoms with Crippen LogP contribution in [0.4, 0.5) is 0 Å². The third-order valence-corrected chi connectivity index (χ3v) is 5.62. The van der Waals surface area contributed by atoms with Crippen molar-refractivity contribution in [2.45, 2.75) is 40.0 Å². The van der Waals surface area contributed by atoms with Crippen LogP contribution in [-0.2, 0) is 11.2 Å². The van der Waals surface area contributed by atoms with E-state index in [-0.39, 0.29) is 12.5 Å². The molecule has 1 aromatic rings. The molecule has 0 heterocycles. The van der Waals surface area contributed by atoms with Crippen LogP contribution in [0.15, 0.2) is 41.0 Å². The van der Waals surface area contributed by atoms with Crippen LogP contribution in [0.25, 0.3) is 0 Å². The number of hydrogen-bond acceptors (Lipinski definition) is 3. The van der Waals surface area contributed by atoms with E-state index in [1.54, 1.807) is 6.21 Å². The largest absolute Gasteiger partial charge is 0.484 e. The number of ether oxygens (including phenoxy) is 1. The highest BCUT2D eigenvalue weighted by atomic mass is 16.5. The Balaban J connectivity index is 1.45. The van der Waals surface area contributed by atoms with Crippen molar-refractivity contribution < 1.29 is 9.53 Å². The second kappa shape index (κ2) is 6.80. The third-order valence-electron chi connectivity index (χ3n) is 5.62. The van der Waals surface area contributed by atoms with Crippen molar-refractivity contribution in [3.8, 4) is 5.75 Å². The minimum Gasteiger partial charge on any atom is -0.484 e. The van der Waals surface area contributed by atoms with Crippen LogP contribution in [0.2, 0.25) is 0 Å². The molecule has 4 heteroatoms. The number of allylic oxidation sites excluding steroid dienone is 2. The first kappa shape index (κ1) is 16.7. The molecule has 128 valence electrons.